The molecule has 5 heteroatoms. The molecule has 4 N–H and O–H groups in total. The van der Waals surface area contributed by atoms with Crippen molar-refractivity contribution in [1.82, 2.24) is 0 Å². The summed E-state index contributed by atoms with van der Waals surface area (Å²) in [5.41, 5.74) is -3.34. The number of aliphatic carboxylic acids is 1. The van der Waals surface area contributed by atoms with Gasteiger partial charge in [-0.2, -0.15) is 0 Å². The molecule has 3 rings (SSSR count). The minimum Gasteiger partial charge on any atom is -0.481 e. The topological polar surface area (TPSA) is 98.0 Å². The van der Waals surface area contributed by atoms with Gasteiger partial charge in [0.2, 0.25) is 0 Å². The van der Waals surface area contributed by atoms with E-state index in [0.29, 0.717) is 31.3 Å². The van der Waals surface area contributed by atoms with Gasteiger partial charge in [-0.05, 0) is 62.5 Å². The summed E-state index contributed by atoms with van der Waals surface area (Å²) in [4.78, 5) is 12.0. The molecule has 2 fully saturated rings. The first-order valence-electron chi connectivity index (χ1n) is 9.50. The maximum absolute atomic E-state index is 12.0. The molecule has 142 valence electrons. The molecule has 2 saturated carbocycles. The van der Waals surface area contributed by atoms with Crippen molar-refractivity contribution >= 4 is 5.97 Å². The third-order valence-corrected chi connectivity index (χ3v) is 7.95. The fraction of sp³-hybridized carbons (Fsp3) is 0.850. The van der Waals surface area contributed by atoms with E-state index in [-0.39, 0.29) is 11.8 Å². The second-order valence-electron chi connectivity index (χ2n) is 9.40. The summed E-state index contributed by atoms with van der Waals surface area (Å²) in [6.45, 7) is 7.61. The van der Waals surface area contributed by atoms with E-state index in [1.807, 2.05) is 20.8 Å². The zero-order valence-electron chi connectivity index (χ0n) is 15.7. The number of carboxylic acid groups (broad SMARTS) is 1. The maximum atomic E-state index is 12.0. The van der Waals surface area contributed by atoms with Gasteiger partial charge in [-0.1, -0.05) is 27.2 Å². The first-order valence-corrected chi connectivity index (χ1v) is 9.50. The summed E-state index contributed by atoms with van der Waals surface area (Å²) in [5.74, 6) is -1.16. The van der Waals surface area contributed by atoms with E-state index < -0.39 is 34.1 Å². The standard InChI is InChI=1S/C20H32O5/c1-12(2)19(24)8-9-20(25)13(11-19)14(21)10-15-17(3,16(22)23)6-5-7-18(15,20)4/h11-12,14-15,21,24-25H,5-10H2,1-4H3,(H,22,23)/t14-,15?,17-,18+,19+,20-/m1/s1. The van der Waals surface area contributed by atoms with Crippen molar-refractivity contribution in [2.45, 2.75) is 83.5 Å². The van der Waals surface area contributed by atoms with E-state index in [2.05, 4.69) is 0 Å². The summed E-state index contributed by atoms with van der Waals surface area (Å²) in [6, 6.07) is 0. The molecular formula is C20H32O5. The Bertz CT molecular complexity index is 613. The molecule has 0 spiro atoms. The van der Waals surface area contributed by atoms with Crippen LogP contribution in [0.2, 0.25) is 0 Å². The van der Waals surface area contributed by atoms with Gasteiger partial charge in [0.1, 0.15) is 0 Å². The van der Waals surface area contributed by atoms with Crippen LogP contribution in [0.1, 0.15) is 66.2 Å². The first-order chi connectivity index (χ1) is 11.4. The quantitative estimate of drug-likeness (QED) is 0.573. The monoisotopic (exact) mass is 352 g/mol. The smallest absolute Gasteiger partial charge is 0.309 e. The summed E-state index contributed by atoms with van der Waals surface area (Å²) in [5, 5.41) is 43.3. The molecule has 6 atom stereocenters. The van der Waals surface area contributed by atoms with Crippen molar-refractivity contribution in [3.63, 3.8) is 0 Å². The molecule has 5 nitrogen and oxygen atoms in total. The number of rotatable bonds is 2. The zero-order chi connectivity index (χ0) is 18.8. The minimum atomic E-state index is -1.26. The predicted octanol–water partition coefficient (Wildman–Crippen LogP) is 2.49. The Kier molecular flexibility index (Phi) is 4.18. The molecular weight excluding hydrogens is 320 g/mol. The molecule has 3 aliphatic rings. The number of carboxylic acids is 1. The van der Waals surface area contributed by atoms with Crippen LogP contribution in [-0.4, -0.2) is 43.7 Å². The molecule has 0 saturated heterocycles. The molecule has 0 bridgehead atoms. The van der Waals surface area contributed by atoms with Crippen LogP contribution < -0.4 is 0 Å². The van der Waals surface area contributed by atoms with Crippen LogP contribution >= 0.6 is 0 Å². The van der Waals surface area contributed by atoms with E-state index in [9.17, 15) is 25.2 Å². The van der Waals surface area contributed by atoms with Gasteiger partial charge in [-0.15, -0.1) is 0 Å². The van der Waals surface area contributed by atoms with Gasteiger partial charge in [-0.3, -0.25) is 4.79 Å². The molecule has 0 aliphatic heterocycles. The van der Waals surface area contributed by atoms with Gasteiger partial charge in [-0.25, -0.2) is 0 Å². The van der Waals surface area contributed by atoms with Gasteiger partial charge >= 0.3 is 5.97 Å². The lowest BCUT2D eigenvalue weighted by atomic mass is 9.43. The highest BCUT2D eigenvalue weighted by Gasteiger charge is 2.66. The van der Waals surface area contributed by atoms with Gasteiger partial charge in [0.25, 0.3) is 0 Å². The normalized spacial score (nSPS) is 50.0. The average Bonchev–Trinajstić information content (AvgIpc) is 2.52. The Morgan fingerprint density at radius 1 is 1.16 bits per heavy atom. The number of fused-ring (bicyclic) bond motifs is 3. The van der Waals surface area contributed by atoms with Gasteiger partial charge in [0.15, 0.2) is 0 Å². The van der Waals surface area contributed by atoms with Crippen LogP contribution in [0.25, 0.3) is 0 Å². The van der Waals surface area contributed by atoms with E-state index >= 15 is 0 Å². The van der Waals surface area contributed by atoms with Crippen LogP contribution in [0.5, 0.6) is 0 Å². The number of aliphatic hydroxyl groups is 3. The van der Waals surface area contributed by atoms with Gasteiger partial charge in [0, 0.05) is 5.41 Å². The van der Waals surface area contributed by atoms with Gasteiger partial charge < -0.3 is 20.4 Å². The van der Waals surface area contributed by atoms with Crippen LogP contribution in [-0.2, 0) is 4.79 Å². The Morgan fingerprint density at radius 2 is 1.80 bits per heavy atom. The van der Waals surface area contributed by atoms with Gasteiger partial charge in [0.05, 0.1) is 22.7 Å². The van der Waals surface area contributed by atoms with E-state index in [1.165, 1.54) is 0 Å². The molecule has 1 unspecified atom stereocenters. The fourth-order valence-electron chi connectivity index (χ4n) is 5.92. The van der Waals surface area contributed by atoms with Crippen molar-refractivity contribution in [3.05, 3.63) is 11.6 Å². The molecule has 0 amide bonds. The molecule has 25 heavy (non-hydrogen) atoms. The Balaban J connectivity index is 2.12. The Hall–Kier alpha value is -0.910. The zero-order valence-corrected chi connectivity index (χ0v) is 15.7. The number of carbonyl (C=O) groups is 1. The SMILES string of the molecule is CC(C)[C@@]1(O)C=C2[C@H](O)CC3[C@](C)(C(=O)O)CCC[C@]3(C)[C@@]2(O)CC1. The lowest BCUT2D eigenvalue weighted by molar-refractivity contribution is -0.202. The fourth-order valence-corrected chi connectivity index (χ4v) is 5.92. The highest BCUT2D eigenvalue weighted by atomic mass is 16.4. The van der Waals surface area contributed by atoms with Crippen LogP contribution in [0.15, 0.2) is 11.6 Å². The van der Waals surface area contributed by atoms with Crippen LogP contribution in [0.3, 0.4) is 0 Å². The molecule has 0 aromatic heterocycles. The van der Waals surface area contributed by atoms with Crippen molar-refractivity contribution in [3.8, 4) is 0 Å². The highest BCUT2D eigenvalue weighted by Crippen LogP contribution is 2.65. The molecule has 3 aliphatic carbocycles. The molecule has 0 aromatic rings. The predicted molar refractivity (Wildman–Crippen MR) is 93.9 cm³/mol. The molecule has 0 heterocycles. The molecule has 0 aromatic carbocycles. The average molecular weight is 352 g/mol. The second-order valence-corrected chi connectivity index (χ2v) is 9.40. The highest BCUT2D eigenvalue weighted by molar-refractivity contribution is 5.75. The summed E-state index contributed by atoms with van der Waals surface area (Å²) >= 11 is 0. The lowest BCUT2D eigenvalue weighted by Crippen LogP contribution is -2.66. The summed E-state index contributed by atoms with van der Waals surface area (Å²) < 4.78 is 0. The maximum Gasteiger partial charge on any atom is 0.309 e. The van der Waals surface area contributed by atoms with Crippen molar-refractivity contribution < 1.29 is 25.2 Å². The van der Waals surface area contributed by atoms with Crippen molar-refractivity contribution in [1.29, 1.82) is 0 Å². The Labute approximate surface area is 149 Å². The Morgan fingerprint density at radius 3 is 2.36 bits per heavy atom. The largest absolute Gasteiger partial charge is 0.481 e. The van der Waals surface area contributed by atoms with Crippen molar-refractivity contribution in [2.75, 3.05) is 0 Å². The first kappa shape index (κ1) is 18.9. The van der Waals surface area contributed by atoms with E-state index in [1.54, 1.807) is 13.0 Å². The minimum absolute atomic E-state index is 0.0158. The van der Waals surface area contributed by atoms with Crippen LogP contribution in [0, 0.1) is 22.7 Å². The number of hydrogen-bond donors (Lipinski definition) is 4. The molecule has 0 radical (unpaired) electrons. The number of hydrogen-bond acceptors (Lipinski definition) is 4. The van der Waals surface area contributed by atoms with Crippen molar-refractivity contribution in [2.24, 2.45) is 22.7 Å². The third kappa shape index (κ3) is 2.35. The summed E-state index contributed by atoms with van der Waals surface area (Å²) in [7, 11) is 0. The lowest BCUT2D eigenvalue weighted by Gasteiger charge is -2.63. The second kappa shape index (κ2) is 5.54. The summed E-state index contributed by atoms with van der Waals surface area (Å²) in [6.07, 6.45) is 3.92. The number of aliphatic hydroxyl groups excluding tert-OH is 1. The van der Waals surface area contributed by atoms with E-state index in [0.717, 1.165) is 12.8 Å². The van der Waals surface area contributed by atoms with E-state index in [4.69, 9.17) is 0 Å². The third-order valence-electron chi connectivity index (χ3n) is 7.95. The van der Waals surface area contributed by atoms with Crippen LogP contribution in [0.4, 0.5) is 0 Å².